The van der Waals surface area contributed by atoms with Crippen LogP contribution in [-0.4, -0.2) is 53.5 Å². The number of likely N-dealkylation sites (tertiary alicyclic amines) is 1. The number of aryl methyl sites for hydroxylation is 2. The molecule has 2 amide bonds. The third-order valence-electron chi connectivity index (χ3n) is 5.55. The summed E-state index contributed by atoms with van der Waals surface area (Å²) in [4.78, 5) is 30.9. The zero-order valence-corrected chi connectivity index (χ0v) is 15.2. The number of nitrogens with zero attached hydrogens (tertiary/aromatic N) is 2. The lowest BCUT2D eigenvalue weighted by Gasteiger charge is -2.43. The number of ether oxygens (including phenoxy) is 1. The van der Waals surface area contributed by atoms with Gasteiger partial charge in [0.25, 0.3) is 5.91 Å². The molecule has 2 aliphatic heterocycles. The molecular weight excluding hydrogens is 330 g/mol. The number of benzene rings is 1. The molecule has 4 rings (SSSR count). The second-order valence-corrected chi connectivity index (χ2v) is 7.31. The number of carbonyl (C=O) groups excluding carboxylic acids is 2. The zero-order valence-electron chi connectivity index (χ0n) is 15.2. The molecule has 2 aliphatic rings. The molecule has 1 aromatic heterocycles. The molecule has 6 heteroatoms. The number of carbonyl (C=O) groups is 2. The maximum atomic E-state index is 13.0. The van der Waals surface area contributed by atoms with Gasteiger partial charge in [0, 0.05) is 25.0 Å². The molecule has 2 aromatic rings. The van der Waals surface area contributed by atoms with Crippen LogP contribution in [0.4, 0.5) is 0 Å². The third-order valence-corrected chi connectivity index (χ3v) is 5.55. The molecule has 1 aromatic carbocycles. The SMILES string of the molecule is Cc1nc2c(C)cccc2cc1C(=O)N1CCC2(CC1)CNC(=O)CO2. The van der Waals surface area contributed by atoms with Gasteiger partial charge in [0.15, 0.2) is 0 Å². The third kappa shape index (κ3) is 2.94. The van der Waals surface area contributed by atoms with E-state index in [0.29, 0.717) is 25.2 Å². The Kier molecular flexibility index (Phi) is 4.15. The Labute approximate surface area is 152 Å². The van der Waals surface area contributed by atoms with E-state index in [-0.39, 0.29) is 24.0 Å². The average Bonchev–Trinajstić information content (AvgIpc) is 2.65. The second-order valence-electron chi connectivity index (χ2n) is 7.31. The number of hydrogen-bond donors (Lipinski definition) is 1. The van der Waals surface area contributed by atoms with Crippen molar-refractivity contribution < 1.29 is 14.3 Å². The Morgan fingerprint density at radius 2 is 2.04 bits per heavy atom. The molecule has 1 N–H and O–H groups in total. The van der Waals surface area contributed by atoms with Crippen molar-refractivity contribution in [3.63, 3.8) is 0 Å². The van der Waals surface area contributed by atoms with Crippen molar-refractivity contribution in [2.45, 2.75) is 32.3 Å². The summed E-state index contributed by atoms with van der Waals surface area (Å²) in [6, 6.07) is 7.97. The molecule has 26 heavy (non-hydrogen) atoms. The van der Waals surface area contributed by atoms with Crippen molar-refractivity contribution >= 4 is 22.7 Å². The van der Waals surface area contributed by atoms with E-state index in [9.17, 15) is 9.59 Å². The molecule has 3 heterocycles. The van der Waals surface area contributed by atoms with Crippen LogP contribution in [0.2, 0.25) is 0 Å². The fraction of sp³-hybridized carbons (Fsp3) is 0.450. The van der Waals surface area contributed by atoms with E-state index >= 15 is 0 Å². The predicted molar refractivity (Wildman–Crippen MR) is 98.0 cm³/mol. The van der Waals surface area contributed by atoms with Gasteiger partial charge < -0.3 is 15.0 Å². The number of amides is 2. The Bertz CT molecular complexity index is 873. The fourth-order valence-electron chi connectivity index (χ4n) is 3.84. The molecule has 0 radical (unpaired) electrons. The molecule has 0 unspecified atom stereocenters. The van der Waals surface area contributed by atoms with Crippen molar-refractivity contribution in [3.05, 3.63) is 41.1 Å². The number of rotatable bonds is 1. The summed E-state index contributed by atoms with van der Waals surface area (Å²) < 4.78 is 5.78. The number of hydrogen-bond acceptors (Lipinski definition) is 4. The van der Waals surface area contributed by atoms with Crippen LogP contribution in [0.15, 0.2) is 24.3 Å². The molecule has 0 aliphatic carbocycles. The summed E-state index contributed by atoms with van der Waals surface area (Å²) in [6.45, 7) is 5.82. The summed E-state index contributed by atoms with van der Waals surface area (Å²) >= 11 is 0. The van der Waals surface area contributed by atoms with E-state index in [2.05, 4.69) is 10.3 Å². The van der Waals surface area contributed by atoms with E-state index in [1.807, 2.05) is 43.0 Å². The van der Waals surface area contributed by atoms with Crippen LogP contribution in [0.3, 0.4) is 0 Å². The quantitative estimate of drug-likeness (QED) is 0.851. The smallest absolute Gasteiger partial charge is 0.255 e. The second kappa shape index (κ2) is 6.36. The van der Waals surface area contributed by atoms with E-state index in [1.54, 1.807) is 0 Å². The van der Waals surface area contributed by atoms with E-state index < -0.39 is 0 Å². The summed E-state index contributed by atoms with van der Waals surface area (Å²) in [5.74, 6) is -0.0459. The zero-order chi connectivity index (χ0) is 18.3. The first-order chi connectivity index (χ1) is 12.5. The average molecular weight is 353 g/mol. The van der Waals surface area contributed by atoms with E-state index in [1.165, 1.54) is 0 Å². The van der Waals surface area contributed by atoms with Crippen molar-refractivity contribution in [2.75, 3.05) is 26.2 Å². The van der Waals surface area contributed by atoms with Gasteiger partial charge in [0.05, 0.1) is 22.4 Å². The lowest BCUT2D eigenvalue weighted by atomic mass is 9.89. The molecular formula is C20H23N3O3. The Hall–Kier alpha value is -2.47. The number of para-hydroxylation sites is 1. The van der Waals surface area contributed by atoms with Crippen molar-refractivity contribution in [1.29, 1.82) is 0 Å². The monoisotopic (exact) mass is 353 g/mol. The van der Waals surface area contributed by atoms with Crippen molar-refractivity contribution in [1.82, 2.24) is 15.2 Å². The maximum absolute atomic E-state index is 13.0. The van der Waals surface area contributed by atoms with Crippen LogP contribution in [0.25, 0.3) is 10.9 Å². The van der Waals surface area contributed by atoms with E-state index in [0.717, 1.165) is 35.0 Å². The van der Waals surface area contributed by atoms with Gasteiger partial charge in [-0.25, -0.2) is 0 Å². The van der Waals surface area contributed by atoms with Crippen molar-refractivity contribution in [3.8, 4) is 0 Å². The molecule has 6 nitrogen and oxygen atoms in total. The van der Waals surface area contributed by atoms with Crippen LogP contribution in [0.5, 0.6) is 0 Å². The van der Waals surface area contributed by atoms with Gasteiger partial charge in [-0.2, -0.15) is 0 Å². The first-order valence-corrected chi connectivity index (χ1v) is 9.04. The lowest BCUT2D eigenvalue weighted by Crippen LogP contribution is -2.58. The van der Waals surface area contributed by atoms with Gasteiger partial charge in [0.2, 0.25) is 5.91 Å². The minimum atomic E-state index is -0.321. The van der Waals surface area contributed by atoms with Gasteiger partial charge in [-0.1, -0.05) is 18.2 Å². The summed E-state index contributed by atoms with van der Waals surface area (Å²) in [6.07, 6.45) is 1.47. The lowest BCUT2D eigenvalue weighted by molar-refractivity contribution is -0.149. The molecule has 2 saturated heterocycles. The first-order valence-electron chi connectivity index (χ1n) is 9.04. The minimum absolute atomic E-state index is 0.0214. The van der Waals surface area contributed by atoms with Gasteiger partial charge in [0.1, 0.15) is 6.61 Å². The van der Waals surface area contributed by atoms with Crippen LogP contribution in [-0.2, 0) is 9.53 Å². The number of morpholine rings is 1. The highest BCUT2D eigenvalue weighted by atomic mass is 16.5. The normalized spacial score (nSPS) is 19.6. The maximum Gasteiger partial charge on any atom is 0.255 e. The predicted octanol–water partition coefficient (Wildman–Crippen LogP) is 1.97. The minimum Gasteiger partial charge on any atom is -0.363 e. The van der Waals surface area contributed by atoms with Gasteiger partial charge in [-0.3, -0.25) is 14.6 Å². The van der Waals surface area contributed by atoms with Gasteiger partial charge in [-0.05, 0) is 38.3 Å². The molecule has 2 fully saturated rings. The van der Waals surface area contributed by atoms with Crippen LogP contribution >= 0.6 is 0 Å². The number of fused-ring (bicyclic) bond motifs is 1. The standard InChI is InChI=1S/C20H23N3O3/c1-13-4-3-5-15-10-16(14(2)22-18(13)15)19(25)23-8-6-20(7-9-23)12-21-17(24)11-26-20/h3-5,10H,6-9,11-12H2,1-2H3,(H,21,24). The Morgan fingerprint density at radius 3 is 2.73 bits per heavy atom. The molecule has 0 saturated carbocycles. The van der Waals surface area contributed by atoms with Gasteiger partial charge >= 0.3 is 0 Å². The topological polar surface area (TPSA) is 71.5 Å². The van der Waals surface area contributed by atoms with Crippen LogP contribution in [0.1, 0.15) is 34.5 Å². The summed E-state index contributed by atoms with van der Waals surface area (Å²) in [7, 11) is 0. The number of aromatic nitrogens is 1. The van der Waals surface area contributed by atoms with E-state index in [4.69, 9.17) is 4.74 Å². The molecule has 1 spiro atoms. The highest BCUT2D eigenvalue weighted by molar-refractivity contribution is 5.99. The highest BCUT2D eigenvalue weighted by Gasteiger charge is 2.40. The largest absolute Gasteiger partial charge is 0.363 e. The highest BCUT2D eigenvalue weighted by Crippen LogP contribution is 2.29. The van der Waals surface area contributed by atoms with Crippen LogP contribution < -0.4 is 5.32 Å². The molecule has 0 bridgehead atoms. The van der Waals surface area contributed by atoms with Gasteiger partial charge in [-0.15, -0.1) is 0 Å². The number of piperidine rings is 1. The number of nitrogens with one attached hydrogen (secondary N) is 1. The first kappa shape index (κ1) is 17.0. The Morgan fingerprint density at radius 1 is 1.27 bits per heavy atom. The molecule has 0 atom stereocenters. The molecule has 136 valence electrons. The fourth-order valence-corrected chi connectivity index (χ4v) is 3.84. The van der Waals surface area contributed by atoms with Crippen LogP contribution in [0, 0.1) is 13.8 Å². The summed E-state index contributed by atoms with van der Waals surface area (Å²) in [5.41, 5.74) is 3.17. The Balaban J connectivity index is 1.53. The summed E-state index contributed by atoms with van der Waals surface area (Å²) in [5, 5.41) is 3.87. The van der Waals surface area contributed by atoms with Crippen molar-refractivity contribution in [2.24, 2.45) is 0 Å². The number of pyridine rings is 1.